The summed E-state index contributed by atoms with van der Waals surface area (Å²) in [6.45, 7) is 4.26. The molecule has 0 spiro atoms. The number of benzene rings is 8. The van der Waals surface area contributed by atoms with Crippen molar-refractivity contribution in [1.82, 2.24) is 9.97 Å². The lowest BCUT2D eigenvalue weighted by molar-refractivity contribution is 1.30. The molecule has 0 saturated carbocycles. The summed E-state index contributed by atoms with van der Waals surface area (Å²) in [6, 6.07) is 64.4. The van der Waals surface area contributed by atoms with Gasteiger partial charge in [-0.1, -0.05) is 181 Å². The van der Waals surface area contributed by atoms with Crippen LogP contribution in [-0.2, 0) is 0 Å². The number of hydrogen-bond acceptors (Lipinski definition) is 2. The quantitative estimate of drug-likeness (QED) is 0.159. The molecule has 0 aliphatic rings. The van der Waals surface area contributed by atoms with Crippen molar-refractivity contribution in [2.75, 3.05) is 0 Å². The first-order valence-corrected chi connectivity index (χ1v) is 19.8. The van der Waals surface area contributed by atoms with Crippen molar-refractivity contribution in [1.29, 1.82) is 0 Å². The Labute approximate surface area is 340 Å². The smallest absolute Gasteiger partial charge is 0.0629 e. The third-order valence-electron chi connectivity index (χ3n) is 10.8. The zero-order chi connectivity index (χ0) is 39.3. The molecular weight excluding hydrogens is 701 g/mol. The van der Waals surface area contributed by atoms with Crippen LogP contribution in [0.1, 0.15) is 33.6 Å². The summed E-state index contributed by atoms with van der Waals surface area (Å²) in [5.41, 5.74) is 12.0. The molecule has 8 aromatic carbocycles. The topological polar surface area (TPSA) is 25.8 Å². The number of hydrogen-bond donors (Lipinski definition) is 0. The van der Waals surface area contributed by atoms with E-state index in [-0.39, 0.29) is 0 Å². The Balaban J connectivity index is 0.000000150. The van der Waals surface area contributed by atoms with Gasteiger partial charge in [0.2, 0.25) is 0 Å². The van der Waals surface area contributed by atoms with Gasteiger partial charge in [0.05, 0.1) is 11.4 Å². The first kappa shape index (κ1) is 36.2. The van der Waals surface area contributed by atoms with Gasteiger partial charge in [0.1, 0.15) is 0 Å². The van der Waals surface area contributed by atoms with E-state index < -0.39 is 0 Å². The maximum atomic E-state index is 4.44. The highest BCUT2D eigenvalue weighted by Gasteiger charge is 2.15. The Kier molecular flexibility index (Phi) is 10.2. The van der Waals surface area contributed by atoms with E-state index >= 15 is 0 Å². The summed E-state index contributed by atoms with van der Waals surface area (Å²) in [7, 11) is 0. The first-order valence-electron chi connectivity index (χ1n) is 19.8. The molecule has 0 amide bonds. The van der Waals surface area contributed by atoms with Crippen LogP contribution in [0.2, 0.25) is 0 Å². The molecule has 0 bridgehead atoms. The molecule has 2 nitrogen and oxygen atoms in total. The van der Waals surface area contributed by atoms with Gasteiger partial charge in [0, 0.05) is 12.4 Å². The molecule has 58 heavy (non-hydrogen) atoms. The molecule has 0 radical (unpaired) electrons. The van der Waals surface area contributed by atoms with Gasteiger partial charge in [-0.15, -0.1) is 0 Å². The first-order chi connectivity index (χ1) is 28.6. The summed E-state index contributed by atoms with van der Waals surface area (Å²) in [6.07, 6.45) is 12.3. The van der Waals surface area contributed by atoms with Crippen LogP contribution < -0.4 is 0 Å². The molecule has 276 valence electrons. The fourth-order valence-electron chi connectivity index (χ4n) is 8.03. The molecule has 2 heteroatoms. The molecule has 0 unspecified atom stereocenters. The SMILES string of the molecule is Cc1ccc(-c2c3ccccc3c(/C=C/c3ccccn3)c3ccccc23)cc1.Cc1ccc(-c2c3ccccc3c(/C=C/c3ccccn3)c3ccccc23)cc1. The minimum Gasteiger partial charge on any atom is -0.257 e. The van der Waals surface area contributed by atoms with Gasteiger partial charge in [-0.25, -0.2) is 0 Å². The van der Waals surface area contributed by atoms with Crippen molar-refractivity contribution in [3.05, 3.63) is 228 Å². The van der Waals surface area contributed by atoms with Crippen LogP contribution in [0.25, 0.3) is 89.6 Å². The van der Waals surface area contributed by atoms with E-state index in [9.17, 15) is 0 Å². The zero-order valence-electron chi connectivity index (χ0n) is 32.7. The number of nitrogens with zero attached hydrogens (tertiary/aromatic N) is 2. The average Bonchev–Trinajstić information content (AvgIpc) is 3.28. The molecule has 10 aromatic rings. The second-order valence-corrected chi connectivity index (χ2v) is 14.7. The lowest BCUT2D eigenvalue weighted by Crippen LogP contribution is -1.90. The Morgan fingerprint density at radius 1 is 0.293 bits per heavy atom. The maximum absolute atomic E-state index is 4.44. The van der Waals surface area contributed by atoms with E-state index in [0.717, 1.165) is 11.4 Å². The summed E-state index contributed by atoms with van der Waals surface area (Å²) < 4.78 is 0. The van der Waals surface area contributed by atoms with Crippen molar-refractivity contribution in [2.24, 2.45) is 0 Å². The molecule has 0 aliphatic heterocycles. The summed E-state index contributed by atoms with van der Waals surface area (Å²) in [4.78, 5) is 8.88. The standard InChI is InChI=1S/2C28H21N/c2*1-20-13-15-21(16-14-20)28-26-11-4-2-9-23(26)25(24-10-3-5-12-27(24)28)18-17-22-8-6-7-19-29-22/h2*2-19H,1H3/b2*18-17+. The molecule has 0 atom stereocenters. The maximum Gasteiger partial charge on any atom is 0.0629 e. The van der Waals surface area contributed by atoms with Gasteiger partial charge in [-0.2, -0.15) is 0 Å². The number of fused-ring (bicyclic) bond motifs is 4. The Hall–Kier alpha value is -7.42. The average molecular weight is 743 g/mol. The van der Waals surface area contributed by atoms with E-state index in [2.05, 4.69) is 194 Å². The van der Waals surface area contributed by atoms with Gasteiger partial charge in [0.15, 0.2) is 0 Å². The van der Waals surface area contributed by atoms with Gasteiger partial charge in [-0.3, -0.25) is 9.97 Å². The summed E-state index contributed by atoms with van der Waals surface area (Å²) in [5, 5.41) is 10.1. The van der Waals surface area contributed by atoms with E-state index in [1.165, 1.54) is 87.6 Å². The minimum absolute atomic E-state index is 0.961. The molecule has 2 heterocycles. The van der Waals surface area contributed by atoms with Crippen LogP contribution in [0.4, 0.5) is 0 Å². The fourth-order valence-corrected chi connectivity index (χ4v) is 8.03. The second-order valence-electron chi connectivity index (χ2n) is 14.7. The summed E-state index contributed by atoms with van der Waals surface area (Å²) >= 11 is 0. The Morgan fingerprint density at radius 3 is 0.879 bits per heavy atom. The number of pyridine rings is 2. The summed E-state index contributed by atoms with van der Waals surface area (Å²) in [5.74, 6) is 0. The highest BCUT2D eigenvalue weighted by atomic mass is 14.7. The number of aryl methyl sites for hydroxylation is 2. The van der Waals surface area contributed by atoms with E-state index in [4.69, 9.17) is 0 Å². The number of rotatable bonds is 6. The lowest BCUT2D eigenvalue weighted by Gasteiger charge is -2.15. The van der Waals surface area contributed by atoms with Crippen LogP contribution in [-0.4, -0.2) is 9.97 Å². The Morgan fingerprint density at radius 2 is 0.586 bits per heavy atom. The van der Waals surface area contributed by atoms with Crippen LogP contribution in [0, 0.1) is 13.8 Å². The predicted octanol–water partition coefficient (Wildman–Crippen LogP) is 15.1. The third kappa shape index (κ3) is 7.32. The van der Waals surface area contributed by atoms with Gasteiger partial charge in [-0.05, 0) is 127 Å². The largest absolute Gasteiger partial charge is 0.257 e. The minimum atomic E-state index is 0.961. The second kappa shape index (κ2) is 16.4. The van der Waals surface area contributed by atoms with Crippen molar-refractivity contribution in [3.8, 4) is 22.3 Å². The fraction of sp³-hybridized carbons (Fsp3) is 0.0357. The van der Waals surface area contributed by atoms with E-state index in [1.807, 2.05) is 48.8 Å². The Bertz CT molecular complexity index is 2760. The molecule has 0 aliphatic carbocycles. The van der Waals surface area contributed by atoms with E-state index in [1.54, 1.807) is 0 Å². The van der Waals surface area contributed by atoms with Crippen molar-refractivity contribution < 1.29 is 0 Å². The third-order valence-corrected chi connectivity index (χ3v) is 10.8. The normalized spacial score (nSPS) is 11.5. The van der Waals surface area contributed by atoms with Gasteiger partial charge in [0.25, 0.3) is 0 Å². The molecule has 10 rings (SSSR count). The van der Waals surface area contributed by atoms with Crippen LogP contribution in [0.5, 0.6) is 0 Å². The van der Waals surface area contributed by atoms with Crippen molar-refractivity contribution >= 4 is 67.4 Å². The van der Waals surface area contributed by atoms with E-state index in [0.29, 0.717) is 0 Å². The van der Waals surface area contributed by atoms with Crippen molar-refractivity contribution in [3.63, 3.8) is 0 Å². The number of aromatic nitrogens is 2. The van der Waals surface area contributed by atoms with Gasteiger partial charge < -0.3 is 0 Å². The highest BCUT2D eigenvalue weighted by Crippen LogP contribution is 2.41. The molecular formula is C56H42N2. The molecule has 2 aromatic heterocycles. The molecule has 0 fully saturated rings. The van der Waals surface area contributed by atoms with Crippen molar-refractivity contribution in [2.45, 2.75) is 13.8 Å². The van der Waals surface area contributed by atoms with Gasteiger partial charge >= 0.3 is 0 Å². The van der Waals surface area contributed by atoms with Crippen LogP contribution in [0.15, 0.2) is 194 Å². The van der Waals surface area contributed by atoms with Crippen LogP contribution in [0.3, 0.4) is 0 Å². The molecule has 0 saturated heterocycles. The molecule has 0 N–H and O–H groups in total. The highest BCUT2D eigenvalue weighted by molar-refractivity contribution is 6.19. The van der Waals surface area contributed by atoms with Crippen LogP contribution >= 0.6 is 0 Å². The zero-order valence-corrected chi connectivity index (χ0v) is 32.7. The predicted molar refractivity (Wildman–Crippen MR) is 250 cm³/mol. The monoisotopic (exact) mass is 742 g/mol. The lowest BCUT2D eigenvalue weighted by atomic mass is 9.88.